The summed E-state index contributed by atoms with van der Waals surface area (Å²) in [6.45, 7) is 1.65. The lowest BCUT2D eigenvalue weighted by Gasteiger charge is -2.20. The van der Waals surface area contributed by atoms with Gasteiger partial charge < -0.3 is 10.2 Å². The van der Waals surface area contributed by atoms with Crippen LogP contribution in [0.3, 0.4) is 0 Å². The van der Waals surface area contributed by atoms with Gasteiger partial charge in [-0.25, -0.2) is 0 Å². The maximum absolute atomic E-state index is 12.5. The molecular weight excluding hydrogens is 335 g/mol. The summed E-state index contributed by atoms with van der Waals surface area (Å²) < 4.78 is 0. The summed E-state index contributed by atoms with van der Waals surface area (Å²) in [4.78, 5) is 26.7. The zero-order valence-corrected chi connectivity index (χ0v) is 14.4. The summed E-state index contributed by atoms with van der Waals surface area (Å²) in [7, 11) is 0. The van der Waals surface area contributed by atoms with Gasteiger partial charge in [0.15, 0.2) is 0 Å². The molecule has 124 valence electrons. The van der Waals surface area contributed by atoms with Gasteiger partial charge in [-0.1, -0.05) is 36.0 Å². The molecule has 4 nitrogen and oxygen atoms in total. The number of rotatable bonds is 3. The molecule has 1 aliphatic carbocycles. The zero-order chi connectivity index (χ0) is 16.4. The molecule has 2 aliphatic rings. The molecule has 2 unspecified atom stereocenters. The second kappa shape index (κ2) is 7.10. The lowest BCUT2D eigenvalue weighted by Crippen LogP contribution is -2.34. The van der Waals surface area contributed by atoms with E-state index < -0.39 is 0 Å². The summed E-state index contributed by atoms with van der Waals surface area (Å²) in [6, 6.07) is 4.92. The highest BCUT2D eigenvalue weighted by atomic mass is 35.5. The first-order valence-electron chi connectivity index (χ1n) is 8.10. The van der Waals surface area contributed by atoms with E-state index in [1.807, 2.05) is 4.90 Å². The number of anilines is 1. The van der Waals surface area contributed by atoms with Crippen LogP contribution in [-0.2, 0) is 9.59 Å². The van der Waals surface area contributed by atoms with Crippen LogP contribution in [-0.4, -0.2) is 29.8 Å². The molecule has 0 bridgehead atoms. The molecule has 3 rings (SSSR count). The highest BCUT2D eigenvalue weighted by Crippen LogP contribution is 2.41. The summed E-state index contributed by atoms with van der Waals surface area (Å²) in [5.41, 5.74) is 0.570. The van der Waals surface area contributed by atoms with E-state index in [4.69, 9.17) is 23.2 Å². The van der Waals surface area contributed by atoms with Crippen LogP contribution in [0.25, 0.3) is 0 Å². The fraction of sp³-hybridized carbons (Fsp3) is 0.529. The van der Waals surface area contributed by atoms with Crippen LogP contribution in [0.2, 0.25) is 10.0 Å². The molecule has 2 atom stereocenters. The van der Waals surface area contributed by atoms with Crippen molar-refractivity contribution >= 4 is 40.7 Å². The van der Waals surface area contributed by atoms with Crippen LogP contribution < -0.4 is 5.32 Å². The number of benzene rings is 1. The number of carbonyl (C=O) groups excluding carboxylic acids is 2. The molecule has 1 aromatic carbocycles. The molecule has 2 amide bonds. The van der Waals surface area contributed by atoms with Crippen molar-refractivity contribution in [1.82, 2.24) is 4.90 Å². The Bertz CT molecular complexity index is 592. The van der Waals surface area contributed by atoms with E-state index >= 15 is 0 Å². The van der Waals surface area contributed by atoms with E-state index in [-0.39, 0.29) is 23.7 Å². The van der Waals surface area contributed by atoms with Crippen molar-refractivity contribution < 1.29 is 9.59 Å². The fourth-order valence-corrected chi connectivity index (χ4v) is 3.67. The molecule has 0 spiro atoms. The average molecular weight is 355 g/mol. The Hall–Kier alpha value is -1.26. The van der Waals surface area contributed by atoms with Gasteiger partial charge in [0.25, 0.3) is 0 Å². The van der Waals surface area contributed by atoms with Crippen LogP contribution in [0, 0.1) is 11.8 Å². The minimum Gasteiger partial charge on any atom is -0.342 e. The topological polar surface area (TPSA) is 49.4 Å². The van der Waals surface area contributed by atoms with Crippen LogP contribution in [0.1, 0.15) is 32.1 Å². The van der Waals surface area contributed by atoms with Crippen molar-refractivity contribution in [1.29, 1.82) is 0 Å². The molecule has 1 aliphatic heterocycles. The minimum absolute atomic E-state index is 0.128. The third-order valence-electron chi connectivity index (χ3n) is 4.49. The molecule has 1 saturated heterocycles. The Kier molecular flexibility index (Phi) is 5.12. The number of amides is 2. The third kappa shape index (κ3) is 4.18. The summed E-state index contributed by atoms with van der Waals surface area (Å²) >= 11 is 11.9. The van der Waals surface area contributed by atoms with Crippen molar-refractivity contribution in [2.45, 2.75) is 32.1 Å². The molecule has 2 fully saturated rings. The number of likely N-dealkylation sites (tertiary alicyclic amines) is 1. The first kappa shape index (κ1) is 16.6. The van der Waals surface area contributed by atoms with Gasteiger partial charge in [0.2, 0.25) is 11.8 Å². The van der Waals surface area contributed by atoms with Crippen molar-refractivity contribution in [3.05, 3.63) is 28.2 Å². The first-order valence-corrected chi connectivity index (χ1v) is 8.86. The van der Waals surface area contributed by atoms with Crippen LogP contribution in [0.15, 0.2) is 18.2 Å². The van der Waals surface area contributed by atoms with Crippen LogP contribution in [0.4, 0.5) is 5.69 Å². The maximum atomic E-state index is 12.5. The highest BCUT2D eigenvalue weighted by molar-refractivity contribution is 6.35. The number of halogens is 2. The lowest BCUT2D eigenvalue weighted by atomic mass is 10.2. The largest absolute Gasteiger partial charge is 0.342 e. The maximum Gasteiger partial charge on any atom is 0.228 e. The molecule has 23 heavy (non-hydrogen) atoms. The summed E-state index contributed by atoms with van der Waals surface area (Å²) in [6.07, 6.45) is 5.14. The van der Waals surface area contributed by atoms with Gasteiger partial charge in [-0.3, -0.25) is 9.59 Å². The normalized spacial score (nSPS) is 24.0. The predicted molar refractivity (Wildman–Crippen MR) is 91.7 cm³/mol. The number of nitrogens with one attached hydrogen (secondary N) is 1. The second-order valence-electron chi connectivity index (χ2n) is 6.34. The molecule has 1 saturated carbocycles. The first-order chi connectivity index (χ1) is 11.0. The predicted octanol–water partition coefficient (Wildman–Crippen LogP) is 3.97. The van der Waals surface area contributed by atoms with Crippen molar-refractivity contribution in [2.24, 2.45) is 11.8 Å². The van der Waals surface area contributed by atoms with Gasteiger partial charge in [-0.05, 0) is 37.5 Å². The Morgan fingerprint density at radius 2 is 1.57 bits per heavy atom. The van der Waals surface area contributed by atoms with E-state index in [9.17, 15) is 9.59 Å². The van der Waals surface area contributed by atoms with E-state index in [0.717, 1.165) is 25.9 Å². The van der Waals surface area contributed by atoms with E-state index in [1.54, 1.807) is 18.2 Å². The van der Waals surface area contributed by atoms with Crippen molar-refractivity contribution in [3.63, 3.8) is 0 Å². The molecule has 0 radical (unpaired) electrons. The third-order valence-corrected chi connectivity index (χ3v) is 4.93. The van der Waals surface area contributed by atoms with Gasteiger partial charge >= 0.3 is 0 Å². The Morgan fingerprint density at radius 1 is 0.957 bits per heavy atom. The number of carbonyl (C=O) groups is 2. The van der Waals surface area contributed by atoms with Crippen molar-refractivity contribution in [3.8, 4) is 0 Å². The van der Waals surface area contributed by atoms with E-state index in [2.05, 4.69) is 5.32 Å². The smallest absolute Gasteiger partial charge is 0.228 e. The Balaban J connectivity index is 1.56. The Morgan fingerprint density at radius 3 is 2.17 bits per heavy atom. The van der Waals surface area contributed by atoms with Crippen LogP contribution >= 0.6 is 23.2 Å². The quantitative estimate of drug-likeness (QED) is 0.892. The monoisotopic (exact) mass is 354 g/mol. The second-order valence-corrected chi connectivity index (χ2v) is 7.21. The Labute approximate surface area is 146 Å². The molecule has 1 aromatic rings. The molecule has 1 N–H and O–H groups in total. The zero-order valence-electron chi connectivity index (χ0n) is 12.9. The lowest BCUT2D eigenvalue weighted by molar-refractivity contribution is -0.134. The van der Waals surface area contributed by atoms with Gasteiger partial charge in [0.05, 0.1) is 11.8 Å². The van der Waals surface area contributed by atoms with Gasteiger partial charge in [-0.2, -0.15) is 0 Å². The van der Waals surface area contributed by atoms with Gasteiger partial charge in [-0.15, -0.1) is 0 Å². The number of hydrogen-bond donors (Lipinski definition) is 1. The highest BCUT2D eigenvalue weighted by Gasteiger charge is 2.49. The number of nitrogens with zero attached hydrogens (tertiary/aromatic N) is 1. The van der Waals surface area contributed by atoms with Gasteiger partial charge in [0, 0.05) is 28.8 Å². The molecular formula is C17H20Cl2N2O2. The average Bonchev–Trinajstić information content (AvgIpc) is 3.30. The minimum atomic E-state index is -0.233. The molecule has 1 heterocycles. The summed E-state index contributed by atoms with van der Waals surface area (Å²) in [5.74, 6) is -0.390. The number of hydrogen-bond acceptors (Lipinski definition) is 2. The standard InChI is InChI=1S/C17H20Cl2N2O2/c18-11-7-12(19)9-13(8-11)20-16(22)14-10-15(14)17(23)21-5-3-1-2-4-6-21/h7-9,14-15H,1-6,10H2,(H,20,22). The van der Waals surface area contributed by atoms with Gasteiger partial charge in [0.1, 0.15) is 0 Å². The summed E-state index contributed by atoms with van der Waals surface area (Å²) in [5, 5.41) is 3.75. The fourth-order valence-electron chi connectivity index (χ4n) is 3.14. The molecule has 6 heteroatoms. The van der Waals surface area contributed by atoms with Crippen molar-refractivity contribution in [2.75, 3.05) is 18.4 Å². The van der Waals surface area contributed by atoms with E-state index in [0.29, 0.717) is 22.2 Å². The SMILES string of the molecule is O=C(Nc1cc(Cl)cc(Cl)c1)C1CC1C(=O)N1CCCCCC1. The van der Waals surface area contributed by atoms with Crippen LogP contribution in [0.5, 0.6) is 0 Å². The molecule has 0 aromatic heterocycles. The van der Waals surface area contributed by atoms with E-state index in [1.165, 1.54) is 12.8 Å².